The summed E-state index contributed by atoms with van der Waals surface area (Å²) in [6.07, 6.45) is 9.94. The first-order valence-electron chi connectivity index (χ1n) is 35.9. The molecule has 12 N–H and O–H groups in total. The first-order valence-corrected chi connectivity index (χ1v) is 38.0. The zero-order chi connectivity index (χ0) is 73.0. The van der Waals surface area contributed by atoms with Crippen LogP contribution in [0.3, 0.4) is 0 Å². The molecule has 558 valence electrons. The number of Topliss-reactive ketones (excluding diaryl/α,β-unsaturated/α-hetero) is 2. The Labute approximate surface area is 606 Å². The van der Waals surface area contributed by atoms with Crippen LogP contribution in [0.2, 0.25) is 0 Å². The lowest BCUT2D eigenvalue weighted by Gasteiger charge is -2.36. The van der Waals surface area contributed by atoms with Gasteiger partial charge in [0.25, 0.3) is 5.56 Å². The number of aromatic nitrogens is 2. The number of hydrogen-bond donors (Lipinski definition) is 10. The van der Waals surface area contributed by atoms with Gasteiger partial charge in [0.2, 0.25) is 17.4 Å². The van der Waals surface area contributed by atoms with Crippen LogP contribution < -0.4 is 54.2 Å². The molecule has 31 heteroatoms. The number of nitrogens with two attached hydrogens (primary N) is 2. The molecule has 0 bridgehead atoms. The van der Waals surface area contributed by atoms with Crippen LogP contribution in [-0.4, -0.2) is 186 Å². The van der Waals surface area contributed by atoms with Crippen LogP contribution in [0.25, 0.3) is 22.3 Å². The van der Waals surface area contributed by atoms with Crippen molar-refractivity contribution < 1.29 is 71.9 Å². The standard InChI is InChI=1S/C72H97N13O16S2/c1-4-50-51-36-49(88)18-19-55(51)81-64-52(50)38-85-57(64)37-54-53(66(85)91)39-100-68(93)72(54,5-2)101-67(92)42(3)77-70(94)75-22-28-98-30-31-99-29-23-76-71(95)80-46-34-44(78-61(89)20-26-96-24-10-14-47(86)12-6-8-16-58-63-43(40-102-58)32-60(73)83-63)33-45(35-46)79-62(90)21-27-97-25-11-15-48(87)13-7-9-17-59-65-56(41-103-59)82-69(74)84-65/h18-19,33-37,42-43,56,58-59,63,65,88H,4-17,20-32,38-41H2,1-3H3,(H2,73,83)(H,78,89)(H,79,90)(H3,74,82,84)(H2,75,77,94)(H2,76,80,95)/t42-,43-,56-,58-,59-,63-,65-,72-/m0/s1. The minimum Gasteiger partial charge on any atom is -0.508 e. The third-order valence-corrected chi connectivity index (χ3v) is 22.2. The van der Waals surface area contributed by atoms with Gasteiger partial charge in [-0.15, -0.1) is 0 Å². The number of benzene rings is 2. The molecule has 0 radical (unpaired) electrons. The van der Waals surface area contributed by atoms with Gasteiger partial charge in [-0.3, -0.25) is 29.0 Å². The first-order chi connectivity index (χ1) is 49.8. The number of aliphatic imine (C=N–C) groups is 2. The number of carbonyl (C=O) groups excluding carboxylic acids is 8. The molecule has 4 aromatic rings. The lowest BCUT2D eigenvalue weighted by Crippen LogP contribution is -2.51. The van der Waals surface area contributed by atoms with Crippen molar-refractivity contribution in [3.05, 3.63) is 75.1 Å². The number of aromatic hydroxyl groups is 1. The number of guanidine groups is 1. The van der Waals surface area contributed by atoms with Crippen LogP contribution >= 0.6 is 23.5 Å². The van der Waals surface area contributed by atoms with Crippen molar-refractivity contribution in [2.45, 2.75) is 183 Å². The minimum absolute atomic E-state index is 0.00524. The molecule has 0 saturated carbocycles. The average molecular weight is 1460 g/mol. The molecule has 29 nitrogen and oxygen atoms in total. The van der Waals surface area contributed by atoms with Gasteiger partial charge in [-0.05, 0) is 118 Å². The predicted octanol–water partition coefficient (Wildman–Crippen LogP) is 6.58. The Balaban J connectivity index is 0.609. The summed E-state index contributed by atoms with van der Waals surface area (Å²) >= 11 is 3.88. The van der Waals surface area contributed by atoms with Crippen molar-refractivity contribution in [1.29, 1.82) is 0 Å². The van der Waals surface area contributed by atoms with Crippen LogP contribution in [0.15, 0.2) is 57.2 Å². The highest BCUT2D eigenvalue weighted by atomic mass is 32.2. The number of amides is 6. The number of phenols is 1. The summed E-state index contributed by atoms with van der Waals surface area (Å²) in [5.74, 6) is 1.82. The van der Waals surface area contributed by atoms with E-state index in [4.69, 9.17) is 44.9 Å². The quantitative estimate of drug-likeness (QED) is 0.0146. The number of rotatable bonds is 41. The maximum absolute atomic E-state index is 14.2. The Hall–Kier alpha value is -8.36. The number of hydrogen-bond acceptors (Lipinski definition) is 24. The van der Waals surface area contributed by atoms with Gasteiger partial charge in [-0.2, -0.15) is 23.5 Å². The van der Waals surface area contributed by atoms with Crippen molar-refractivity contribution >= 4 is 111 Å². The summed E-state index contributed by atoms with van der Waals surface area (Å²) in [5, 5.41) is 31.3. The number of fused-ring (bicyclic) bond motifs is 7. The van der Waals surface area contributed by atoms with E-state index in [1.165, 1.54) is 25.1 Å². The Kier molecular flexibility index (Phi) is 28.0. The fraction of sp³-hybridized carbons (Fsp3) is 0.583. The molecule has 0 unspecified atom stereocenters. The topological polar surface area (TPSA) is 408 Å². The fourth-order valence-electron chi connectivity index (χ4n) is 13.9. The molecule has 10 rings (SSSR count). The third kappa shape index (κ3) is 20.8. The van der Waals surface area contributed by atoms with E-state index in [2.05, 4.69) is 47.2 Å². The second-order valence-corrected chi connectivity index (χ2v) is 29.2. The molecule has 2 aromatic carbocycles. The largest absolute Gasteiger partial charge is 0.508 e. The van der Waals surface area contributed by atoms with E-state index in [1.807, 2.05) is 30.4 Å². The molecule has 0 spiro atoms. The van der Waals surface area contributed by atoms with Crippen LogP contribution in [-0.2, 0) is 82.4 Å². The highest BCUT2D eigenvalue weighted by molar-refractivity contribution is 8.00. The predicted molar refractivity (Wildman–Crippen MR) is 392 cm³/mol. The zero-order valence-corrected chi connectivity index (χ0v) is 60.5. The van der Waals surface area contributed by atoms with Crippen LogP contribution in [0, 0.1) is 5.92 Å². The van der Waals surface area contributed by atoms with E-state index in [9.17, 15) is 48.3 Å². The normalized spacial score (nSPS) is 20.6. The van der Waals surface area contributed by atoms with E-state index >= 15 is 0 Å². The lowest BCUT2D eigenvalue weighted by atomic mass is 9.85. The summed E-state index contributed by atoms with van der Waals surface area (Å²) in [6.45, 7) is 6.36. The van der Waals surface area contributed by atoms with Crippen LogP contribution in [0.1, 0.15) is 146 Å². The molecular formula is C72H97N13O16S2. The Morgan fingerprint density at radius 1 is 0.699 bits per heavy atom. The first kappa shape index (κ1) is 77.3. The van der Waals surface area contributed by atoms with Gasteiger partial charge in [-0.1, -0.05) is 26.7 Å². The second kappa shape index (κ2) is 37.4. The number of aryl methyl sites for hydroxylation is 1. The summed E-state index contributed by atoms with van der Waals surface area (Å²) in [6, 6.07) is 9.47. The van der Waals surface area contributed by atoms with Crippen LogP contribution in [0.4, 0.5) is 26.7 Å². The van der Waals surface area contributed by atoms with Crippen molar-refractivity contribution in [2.24, 2.45) is 27.4 Å². The summed E-state index contributed by atoms with van der Waals surface area (Å²) in [5.41, 5.74) is 13.9. The molecule has 2 saturated heterocycles. The number of unbranched alkanes of at least 4 members (excludes halogenated alkanes) is 2. The van der Waals surface area contributed by atoms with Crippen molar-refractivity contribution in [2.75, 3.05) is 93.4 Å². The number of thioether (sulfide) groups is 2. The molecular weight excluding hydrogens is 1370 g/mol. The third-order valence-electron chi connectivity index (χ3n) is 19.2. The minimum atomic E-state index is -2.00. The summed E-state index contributed by atoms with van der Waals surface area (Å²) in [7, 11) is 0. The number of pyridine rings is 2. The molecule has 8 heterocycles. The number of anilines is 3. The number of cyclic esters (lactones) is 1. The summed E-state index contributed by atoms with van der Waals surface area (Å²) < 4.78 is 35.6. The highest BCUT2D eigenvalue weighted by Crippen LogP contribution is 2.44. The highest BCUT2D eigenvalue weighted by Gasteiger charge is 2.51. The Bertz CT molecular complexity index is 3770. The number of esters is 2. The van der Waals surface area contributed by atoms with Gasteiger partial charge in [0, 0.05) is 108 Å². The van der Waals surface area contributed by atoms with Gasteiger partial charge in [0.15, 0.2) is 5.96 Å². The van der Waals surface area contributed by atoms with E-state index in [0.29, 0.717) is 121 Å². The fourth-order valence-corrected chi connectivity index (χ4v) is 17.0. The number of ketones is 2. The second-order valence-electron chi connectivity index (χ2n) is 26.7. The monoisotopic (exact) mass is 1460 g/mol. The number of carbonyl (C=O) groups is 8. The van der Waals surface area contributed by atoms with Crippen molar-refractivity contribution in [1.82, 2.24) is 30.8 Å². The van der Waals surface area contributed by atoms with Crippen molar-refractivity contribution in [3.63, 3.8) is 0 Å². The number of nitrogens with one attached hydrogen (secondary N) is 7. The van der Waals surface area contributed by atoms with E-state index in [1.54, 1.807) is 35.8 Å². The number of phenolic OH excluding ortho intramolecular Hbond substituents is 1. The molecule has 8 atom stereocenters. The number of urea groups is 2. The van der Waals surface area contributed by atoms with Crippen molar-refractivity contribution in [3.8, 4) is 17.1 Å². The van der Waals surface area contributed by atoms with Gasteiger partial charge in [-0.25, -0.2) is 29.2 Å². The molecule has 6 aliphatic heterocycles. The zero-order valence-electron chi connectivity index (χ0n) is 58.8. The van der Waals surface area contributed by atoms with Gasteiger partial charge in [0.1, 0.15) is 30.0 Å². The number of amidine groups is 1. The summed E-state index contributed by atoms with van der Waals surface area (Å²) in [4.78, 5) is 133. The molecule has 6 amide bonds. The number of ether oxygens (including phenoxy) is 6. The molecule has 0 aliphatic carbocycles. The molecule has 2 aromatic heterocycles. The van der Waals surface area contributed by atoms with E-state index < -0.39 is 41.2 Å². The maximum atomic E-state index is 14.2. The van der Waals surface area contributed by atoms with E-state index in [0.717, 1.165) is 78.8 Å². The van der Waals surface area contributed by atoms with Crippen LogP contribution in [0.5, 0.6) is 5.75 Å². The molecule has 6 aliphatic rings. The Morgan fingerprint density at radius 3 is 1.94 bits per heavy atom. The van der Waals surface area contributed by atoms with E-state index in [-0.39, 0.29) is 137 Å². The lowest BCUT2D eigenvalue weighted by molar-refractivity contribution is -0.190. The van der Waals surface area contributed by atoms with Gasteiger partial charge < -0.3 is 86.8 Å². The molecule has 2 fully saturated rings. The average Bonchev–Trinajstić information content (AvgIpc) is 1.66. The van der Waals surface area contributed by atoms with Gasteiger partial charge in [0.05, 0.1) is 105 Å². The van der Waals surface area contributed by atoms with Gasteiger partial charge >= 0.3 is 24.0 Å². The molecule has 103 heavy (non-hydrogen) atoms. The number of nitrogens with zero attached hydrogens (tertiary/aromatic N) is 4. The maximum Gasteiger partial charge on any atom is 0.355 e. The SMILES string of the molecule is CCc1c2c(nc3ccc(O)cc13)-c1cc3c(c(=O)n1C2)COC(=O)[C@@]3(CC)OC(=O)[C@H](C)NC(=O)NCCOCCOCCNC(=O)Nc1cc(NC(=O)CCOCCCC(=O)CCCC[C@@H]2SC[C@@H]3CC(N)=N[C@@H]32)cc(NC(=O)CCOCCCC(=O)CCCC[C@@H]2SC[C@@H]3NC(N)=N[C@@H]32)c1. The smallest absolute Gasteiger partial charge is 0.355 e. The Morgan fingerprint density at radius 2 is 1.30 bits per heavy atom.